The first kappa shape index (κ1) is 12.0. The van der Waals surface area contributed by atoms with Gasteiger partial charge in [-0.1, -0.05) is 6.07 Å². The summed E-state index contributed by atoms with van der Waals surface area (Å²) >= 11 is 0. The highest BCUT2D eigenvalue weighted by Crippen LogP contribution is 2.25. The Labute approximate surface area is 103 Å². The lowest BCUT2D eigenvalue weighted by molar-refractivity contribution is 0.0694. The molecule has 0 amide bonds. The van der Waals surface area contributed by atoms with E-state index in [-0.39, 0.29) is 17.1 Å². The molecule has 0 spiro atoms. The second kappa shape index (κ2) is 4.83. The van der Waals surface area contributed by atoms with Gasteiger partial charge in [0.1, 0.15) is 17.1 Å². The zero-order chi connectivity index (χ0) is 13.1. The third kappa shape index (κ3) is 2.45. The number of carboxylic acids is 1. The Hall–Kier alpha value is -2.43. The highest BCUT2D eigenvalue weighted by atomic mass is 19.1. The van der Waals surface area contributed by atoms with E-state index in [1.807, 2.05) is 0 Å². The second-order valence-electron chi connectivity index (χ2n) is 3.69. The van der Waals surface area contributed by atoms with Gasteiger partial charge in [-0.3, -0.25) is 4.98 Å². The van der Waals surface area contributed by atoms with Crippen LogP contribution >= 0.6 is 0 Å². The topological polar surface area (TPSA) is 59.4 Å². The molecule has 0 unspecified atom stereocenters. The first-order valence-electron chi connectivity index (χ1n) is 5.19. The van der Waals surface area contributed by atoms with Gasteiger partial charge < -0.3 is 9.84 Å². The number of aromatic carboxylic acids is 1. The normalized spacial score (nSPS) is 10.1. The molecule has 92 valence electrons. The smallest absolute Gasteiger partial charge is 0.339 e. The van der Waals surface area contributed by atoms with E-state index < -0.39 is 11.8 Å². The number of aromatic nitrogens is 1. The number of rotatable bonds is 3. The Balaban J connectivity index is 2.34. The molecule has 0 saturated carbocycles. The second-order valence-corrected chi connectivity index (χ2v) is 3.69. The van der Waals surface area contributed by atoms with Gasteiger partial charge in [0, 0.05) is 12.3 Å². The molecule has 2 aromatic rings. The zero-order valence-corrected chi connectivity index (χ0v) is 9.55. The summed E-state index contributed by atoms with van der Waals surface area (Å²) in [6.07, 6.45) is 2.63. The Bertz CT molecular complexity index is 599. The number of carbonyl (C=O) groups is 1. The molecular formula is C13H10FNO3. The maximum absolute atomic E-state index is 13.3. The summed E-state index contributed by atoms with van der Waals surface area (Å²) in [5.41, 5.74) is 0.470. The largest absolute Gasteiger partial charge is 0.478 e. The lowest BCUT2D eigenvalue weighted by Crippen LogP contribution is -2.00. The number of benzene rings is 1. The van der Waals surface area contributed by atoms with Crippen LogP contribution < -0.4 is 4.74 Å². The fourth-order valence-corrected chi connectivity index (χ4v) is 1.40. The Morgan fingerprint density at radius 2 is 2.17 bits per heavy atom. The number of nitrogens with zero attached hydrogens (tertiary/aromatic N) is 1. The molecule has 0 fully saturated rings. The third-order valence-electron chi connectivity index (χ3n) is 2.39. The molecule has 0 atom stereocenters. The van der Waals surface area contributed by atoms with Crippen LogP contribution in [-0.2, 0) is 0 Å². The van der Waals surface area contributed by atoms with Crippen molar-refractivity contribution in [2.24, 2.45) is 0 Å². The quantitative estimate of drug-likeness (QED) is 0.905. The first-order chi connectivity index (χ1) is 8.58. The number of hydrogen-bond acceptors (Lipinski definition) is 3. The van der Waals surface area contributed by atoms with Crippen molar-refractivity contribution in [3.05, 3.63) is 53.6 Å². The summed E-state index contributed by atoms with van der Waals surface area (Å²) < 4.78 is 18.7. The van der Waals surface area contributed by atoms with Crippen LogP contribution in [0.1, 0.15) is 15.9 Å². The van der Waals surface area contributed by atoms with Gasteiger partial charge in [0.2, 0.25) is 0 Å². The lowest BCUT2D eigenvalue weighted by atomic mass is 10.2. The van der Waals surface area contributed by atoms with Gasteiger partial charge in [-0.05, 0) is 24.6 Å². The molecule has 0 saturated heterocycles. The van der Waals surface area contributed by atoms with E-state index in [9.17, 15) is 9.18 Å². The number of aryl methyl sites for hydroxylation is 1. The van der Waals surface area contributed by atoms with Gasteiger partial charge in [-0.25, -0.2) is 9.18 Å². The minimum Gasteiger partial charge on any atom is -0.478 e. The minimum absolute atomic E-state index is 0.0222. The molecule has 18 heavy (non-hydrogen) atoms. The highest BCUT2D eigenvalue weighted by molar-refractivity contribution is 5.90. The molecule has 0 aliphatic rings. The molecule has 0 radical (unpaired) electrons. The molecule has 1 heterocycles. The van der Waals surface area contributed by atoms with E-state index in [1.165, 1.54) is 24.5 Å². The van der Waals surface area contributed by atoms with Crippen LogP contribution in [0, 0.1) is 12.7 Å². The van der Waals surface area contributed by atoms with Gasteiger partial charge in [0.05, 0.1) is 6.20 Å². The van der Waals surface area contributed by atoms with Crippen molar-refractivity contribution < 1.29 is 19.0 Å². The van der Waals surface area contributed by atoms with Crippen LogP contribution in [0.25, 0.3) is 0 Å². The van der Waals surface area contributed by atoms with E-state index in [2.05, 4.69) is 4.98 Å². The van der Waals surface area contributed by atoms with Crippen LogP contribution in [-0.4, -0.2) is 16.1 Å². The molecular weight excluding hydrogens is 237 g/mol. The van der Waals surface area contributed by atoms with Crippen molar-refractivity contribution in [1.29, 1.82) is 0 Å². The lowest BCUT2D eigenvalue weighted by Gasteiger charge is -2.08. The standard InChI is InChI=1S/C13H10FNO3/c1-8-2-3-9(6-11(8)14)18-12-7-15-5-4-10(12)13(16)17/h2-7H,1H3,(H,16,17). The van der Waals surface area contributed by atoms with Gasteiger partial charge >= 0.3 is 5.97 Å². The van der Waals surface area contributed by atoms with E-state index in [0.29, 0.717) is 5.56 Å². The summed E-state index contributed by atoms with van der Waals surface area (Å²) in [6.45, 7) is 1.63. The van der Waals surface area contributed by atoms with Crippen LogP contribution in [0.15, 0.2) is 36.7 Å². The van der Waals surface area contributed by atoms with E-state index >= 15 is 0 Å². The van der Waals surface area contributed by atoms with Gasteiger partial charge in [-0.2, -0.15) is 0 Å². The maximum Gasteiger partial charge on any atom is 0.339 e. The number of ether oxygens (including phenoxy) is 1. The third-order valence-corrected chi connectivity index (χ3v) is 2.39. The van der Waals surface area contributed by atoms with E-state index in [1.54, 1.807) is 19.1 Å². The fourth-order valence-electron chi connectivity index (χ4n) is 1.40. The maximum atomic E-state index is 13.3. The van der Waals surface area contributed by atoms with Crippen molar-refractivity contribution >= 4 is 5.97 Å². The predicted molar refractivity (Wildman–Crippen MR) is 62.4 cm³/mol. The number of halogens is 1. The molecule has 4 nitrogen and oxygen atoms in total. The van der Waals surface area contributed by atoms with E-state index in [0.717, 1.165) is 0 Å². The van der Waals surface area contributed by atoms with E-state index in [4.69, 9.17) is 9.84 Å². The molecule has 2 rings (SSSR count). The Morgan fingerprint density at radius 3 is 2.83 bits per heavy atom. The minimum atomic E-state index is -1.13. The highest BCUT2D eigenvalue weighted by Gasteiger charge is 2.12. The summed E-state index contributed by atoms with van der Waals surface area (Å²) in [6, 6.07) is 5.65. The predicted octanol–water partition coefficient (Wildman–Crippen LogP) is 3.02. The van der Waals surface area contributed by atoms with Crippen LogP contribution in [0.5, 0.6) is 11.5 Å². The van der Waals surface area contributed by atoms with Gasteiger partial charge in [-0.15, -0.1) is 0 Å². The van der Waals surface area contributed by atoms with Crippen molar-refractivity contribution in [1.82, 2.24) is 4.98 Å². The average Bonchev–Trinajstić information content (AvgIpc) is 2.34. The van der Waals surface area contributed by atoms with Crippen molar-refractivity contribution in [3.63, 3.8) is 0 Å². The SMILES string of the molecule is Cc1ccc(Oc2cnccc2C(=O)O)cc1F. The number of pyridine rings is 1. The molecule has 5 heteroatoms. The average molecular weight is 247 g/mol. The van der Waals surface area contributed by atoms with Gasteiger partial charge in [0.15, 0.2) is 5.75 Å². The summed E-state index contributed by atoms with van der Waals surface area (Å²) in [5.74, 6) is -1.23. The Morgan fingerprint density at radius 1 is 1.39 bits per heavy atom. The summed E-state index contributed by atoms with van der Waals surface area (Å²) in [7, 11) is 0. The van der Waals surface area contributed by atoms with Gasteiger partial charge in [0.25, 0.3) is 0 Å². The van der Waals surface area contributed by atoms with Crippen LogP contribution in [0.3, 0.4) is 0 Å². The van der Waals surface area contributed by atoms with Crippen molar-refractivity contribution in [2.75, 3.05) is 0 Å². The molecule has 1 N–H and O–H groups in total. The number of hydrogen-bond donors (Lipinski definition) is 1. The molecule has 1 aromatic heterocycles. The van der Waals surface area contributed by atoms with Crippen LogP contribution in [0.2, 0.25) is 0 Å². The fraction of sp³-hybridized carbons (Fsp3) is 0.0769. The Kier molecular flexibility index (Phi) is 3.23. The first-order valence-corrected chi connectivity index (χ1v) is 5.19. The molecule has 1 aromatic carbocycles. The summed E-state index contributed by atoms with van der Waals surface area (Å²) in [5, 5.41) is 8.96. The van der Waals surface area contributed by atoms with Crippen molar-refractivity contribution in [2.45, 2.75) is 6.92 Å². The molecule has 0 aliphatic carbocycles. The zero-order valence-electron chi connectivity index (χ0n) is 9.55. The number of carboxylic acid groups (broad SMARTS) is 1. The summed E-state index contributed by atoms with van der Waals surface area (Å²) in [4.78, 5) is 14.7. The monoisotopic (exact) mass is 247 g/mol. The van der Waals surface area contributed by atoms with Crippen LogP contribution in [0.4, 0.5) is 4.39 Å². The molecule has 0 aliphatic heterocycles. The molecule has 0 bridgehead atoms. The van der Waals surface area contributed by atoms with Crippen molar-refractivity contribution in [3.8, 4) is 11.5 Å².